The molecule has 0 N–H and O–H groups in total. The second-order valence-electron chi connectivity index (χ2n) is 12.6. The predicted molar refractivity (Wildman–Crippen MR) is 196 cm³/mol. The zero-order valence-electron chi connectivity index (χ0n) is 28.3. The van der Waals surface area contributed by atoms with Gasteiger partial charge in [-0.15, -0.1) is 6.58 Å². The Morgan fingerprint density at radius 3 is 2.26 bits per heavy atom. The maximum Gasteiger partial charge on any atom is 0.139 e. The molecule has 1 aromatic heterocycles. The summed E-state index contributed by atoms with van der Waals surface area (Å²) in [6.07, 6.45) is 43.1. The van der Waals surface area contributed by atoms with Crippen molar-refractivity contribution in [1.29, 1.82) is 0 Å². The third-order valence-corrected chi connectivity index (χ3v) is 9.46. The number of piperidine rings is 3. The van der Waals surface area contributed by atoms with Crippen molar-refractivity contribution in [3.63, 3.8) is 0 Å². The molecule has 3 saturated heterocycles. The number of hydrogen-bond acceptors (Lipinski definition) is 4. The Hall–Kier alpha value is -3.63. The molecule has 5 atom stereocenters. The largest absolute Gasteiger partial charge is 0.497 e. The van der Waals surface area contributed by atoms with Crippen LogP contribution in [0.25, 0.3) is 10.9 Å². The SMILES string of the molecule is C=C[C@H]1CN2CC[C@H]1C[C@H]2[C@H](O/C=C/C=C/C=C/C=C/C=C/C=C/CCCCCCCCCC)c1ccnc2ccc(OC)cc12. The lowest BCUT2D eigenvalue weighted by atomic mass is 9.73. The molecule has 3 aliphatic heterocycles. The number of fused-ring (bicyclic) bond motifs is 4. The molecule has 246 valence electrons. The first-order valence-electron chi connectivity index (χ1n) is 17.7. The number of benzene rings is 1. The van der Waals surface area contributed by atoms with E-state index in [1.54, 1.807) is 7.11 Å². The van der Waals surface area contributed by atoms with Gasteiger partial charge in [-0.05, 0) is 74.4 Å². The summed E-state index contributed by atoms with van der Waals surface area (Å²) in [6, 6.07) is 8.50. The van der Waals surface area contributed by atoms with E-state index < -0.39 is 0 Å². The molecule has 1 aromatic carbocycles. The average molecular weight is 621 g/mol. The van der Waals surface area contributed by atoms with E-state index in [1.807, 2.05) is 55.0 Å². The number of methoxy groups -OCH3 is 1. The summed E-state index contributed by atoms with van der Waals surface area (Å²) in [5.74, 6) is 2.06. The second kappa shape index (κ2) is 20.5. The third-order valence-electron chi connectivity index (χ3n) is 9.46. The monoisotopic (exact) mass is 620 g/mol. The van der Waals surface area contributed by atoms with Crippen molar-refractivity contribution in [1.82, 2.24) is 9.88 Å². The molecule has 0 saturated carbocycles. The van der Waals surface area contributed by atoms with Gasteiger partial charge in [-0.25, -0.2) is 0 Å². The van der Waals surface area contributed by atoms with Gasteiger partial charge in [-0.2, -0.15) is 0 Å². The normalized spacial score (nSPS) is 22.5. The maximum atomic E-state index is 6.59. The van der Waals surface area contributed by atoms with E-state index in [0.717, 1.165) is 41.7 Å². The lowest BCUT2D eigenvalue weighted by Gasteiger charge is -2.51. The molecule has 1 unspecified atom stereocenters. The topological polar surface area (TPSA) is 34.6 Å². The van der Waals surface area contributed by atoms with Gasteiger partial charge in [0.05, 0.1) is 24.9 Å². The van der Waals surface area contributed by atoms with E-state index in [4.69, 9.17) is 9.47 Å². The lowest BCUT2D eigenvalue weighted by molar-refractivity contribution is -0.0492. The van der Waals surface area contributed by atoms with Crippen LogP contribution in [0.15, 0.2) is 116 Å². The Morgan fingerprint density at radius 2 is 1.59 bits per heavy atom. The van der Waals surface area contributed by atoms with Crippen LogP contribution >= 0.6 is 0 Å². The van der Waals surface area contributed by atoms with E-state index >= 15 is 0 Å². The number of hydrogen-bond donors (Lipinski definition) is 0. The van der Waals surface area contributed by atoms with E-state index in [1.165, 1.54) is 64.2 Å². The summed E-state index contributed by atoms with van der Waals surface area (Å²) in [7, 11) is 1.71. The first kappa shape index (κ1) is 35.2. The Balaban J connectivity index is 1.26. The Kier molecular flexibility index (Phi) is 15.7. The Labute approximate surface area is 279 Å². The molecule has 4 heteroatoms. The molecule has 0 amide bonds. The number of pyridine rings is 1. The standard InChI is InChI=1S/C42H56N2O2/c1-4-6-7-8-9-10-11-12-13-14-15-16-17-18-19-20-21-22-23-24-31-46-42(41-32-36-28-30-44(41)34-35(36)5-2)38-27-29-43-40-26-25-37(45-3)33-39(38)40/h5,14-27,29,31,33,35-36,41-42H,2,4,6-13,28,30,32,34H2,1,3H3/b15-14+,17-16+,19-18+,21-20+,23-22+,31-24+/t35-,36-,41-,42+/m0/s1. The van der Waals surface area contributed by atoms with Crippen LogP contribution in [0.2, 0.25) is 0 Å². The van der Waals surface area contributed by atoms with Gasteiger partial charge in [0.1, 0.15) is 11.9 Å². The average Bonchev–Trinajstić information content (AvgIpc) is 3.10. The highest BCUT2D eigenvalue weighted by Gasteiger charge is 2.43. The van der Waals surface area contributed by atoms with Crippen molar-refractivity contribution >= 4 is 10.9 Å². The van der Waals surface area contributed by atoms with Gasteiger partial charge in [0.2, 0.25) is 0 Å². The quantitative estimate of drug-likeness (QED) is 0.0638. The maximum absolute atomic E-state index is 6.59. The molecule has 2 aromatic rings. The summed E-state index contributed by atoms with van der Waals surface area (Å²) in [6.45, 7) is 8.55. The van der Waals surface area contributed by atoms with E-state index in [9.17, 15) is 0 Å². The zero-order valence-corrected chi connectivity index (χ0v) is 28.3. The van der Waals surface area contributed by atoms with Crippen molar-refractivity contribution < 1.29 is 9.47 Å². The summed E-state index contributed by atoms with van der Waals surface area (Å²) < 4.78 is 12.1. The first-order valence-corrected chi connectivity index (χ1v) is 17.7. The van der Waals surface area contributed by atoms with Crippen LogP contribution in [0, 0.1) is 11.8 Å². The van der Waals surface area contributed by atoms with Crippen LogP contribution in [-0.4, -0.2) is 36.1 Å². The summed E-state index contributed by atoms with van der Waals surface area (Å²) in [5, 5.41) is 1.08. The number of rotatable bonds is 20. The summed E-state index contributed by atoms with van der Waals surface area (Å²) >= 11 is 0. The smallest absolute Gasteiger partial charge is 0.139 e. The number of nitrogens with zero attached hydrogens (tertiary/aromatic N) is 2. The van der Waals surface area contributed by atoms with Crippen LogP contribution in [-0.2, 0) is 4.74 Å². The Bertz CT molecular complexity index is 1370. The second-order valence-corrected chi connectivity index (χ2v) is 12.6. The van der Waals surface area contributed by atoms with Crippen molar-refractivity contribution in [2.24, 2.45) is 11.8 Å². The molecular weight excluding hydrogens is 564 g/mol. The molecule has 4 heterocycles. The van der Waals surface area contributed by atoms with Gasteiger partial charge in [0.15, 0.2) is 0 Å². The highest BCUT2D eigenvalue weighted by molar-refractivity contribution is 5.84. The van der Waals surface area contributed by atoms with Crippen LogP contribution in [0.5, 0.6) is 5.75 Å². The van der Waals surface area contributed by atoms with Crippen LogP contribution in [0.1, 0.15) is 89.2 Å². The van der Waals surface area contributed by atoms with Crippen LogP contribution in [0.3, 0.4) is 0 Å². The number of allylic oxidation sites excluding steroid dienone is 11. The summed E-state index contributed by atoms with van der Waals surface area (Å²) in [4.78, 5) is 7.22. The van der Waals surface area contributed by atoms with Gasteiger partial charge in [0.25, 0.3) is 0 Å². The number of aromatic nitrogens is 1. The van der Waals surface area contributed by atoms with Gasteiger partial charge >= 0.3 is 0 Å². The number of unbranched alkanes of at least 4 members (excludes halogenated alkanes) is 8. The first-order chi connectivity index (χ1) is 22.7. The highest BCUT2D eigenvalue weighted by atomic mass is 16.5. The number of ether oxygens (including phenoxy) is 2. The molecule has 0 spiro atoms. The minimum Gasteiger partial charge on any atom is -0.497 e. The van der Waals surface area contributed by atoms with Gasteiger partial charge < -0.3 is 9.47 Å². The fourth-order valence-corrected chi connectivity index (χ4v) is 6.84. The zero-order chi connectivity index (χ0) is 32.2. The van der Waals surface area contributed by atoms with Crippen molar-refractivity contribution in [3.05, 3.63) is 122 Å². The van der Waals surface area contributed by atoms with Crippen molar-refractivity contribution in [3.8, 4) is 5.75 Å². The highest BCUT2D eigenvalue weighted by Crippen LogP contribution is 2.43. The molecule has 4 nitrogen and oxygen atoms in total. The fraction of sp³-hybridized carbons (Fsp3) is 0.452. The Morgan fingerprint density at radius 1 is 0.891 bits per heavy atom. The van der Waals surface area contributed by atoms with Gasteiger partial charge in [-0.3, -0.25) is 9.88 Å². The summed E-state index contributed by atoms with van der Waals surface area (Å²) in [5.41, 5.74) is 2.12. The van der Waals surface area contributed by atoms with Crippen LogP contribution in [0.4, 0.5) is 0 Å². The van der Waals surface area contributed by atoms with Gasteiger partial charge in [0, 0.05) is 23.7 Å². The molecule has 46 heavy (non-hydrogen) atoms. The minimum absolute atomic E-state index is 0.101. The molecule has 0 radical (unpaired) electrons. The predicted octanol–water partition coefficient (Wildman–Crippen LogP) is 11.0. The molecule has 5 rings (SSSR count). The van der Waals surface area contributed by atoms with Crippen molar-refractivity contribution in [2.75, 3.05) is 20.2 Å². The molecule has 3 fully saturated rings. The van der Waals surface area contributed by atoms with Crippen LogP contribution < -0.4 is 4.74 Å². The van der Waals surface area contributed by atoms with Crippen molar-refractivity contribution in [2.45, 2.75) is 89.7 Å². The van der Waals surface area contributed by atoms with E-state index in [2.05, 4.69) is 78.1 Å². The molecule has 0 aliphatic carbocycles. The molecule has 2 bridgehead atoms. The van der Waals surface area contributed by atoms with E-state index in [-0.39, 0.29) is 6.10 Å². The van der Waals surface area contributed by atoms with Gasteiger partial charge in [-0.1, -0.05) is 119 Å². The fourth-order valence-electron chi connectivity index (χ4n) is 6.84. The third kappa shape index (κ3) is 11.0. The van der Waals surface area contributed by atoms with E-state index in [0.29, 0.717) is 17.9 Å². The molecule has 3 aliphatic rings. The molecular formula is C42H56N2O2. The minimum atomic E-state index is -0.101. The lowest BCUT2D eigenvalue weighted by Crippen LogP contribution is -2.55.